The molecule has 1 heterocycles. The van der Waals surface area contributed by atoms with Crippen LogP contribution in [-0.4, -0.2) is 36.1 Å². The normalized spacial score (nSPS) is 22.4. The minimum atomic E-state index is -0.945. The second-order valence-corrected chi connectivity index (χ2v) is 4.23. The molecule has 0 aromatic carbocycles. The molecule has 0 radical (unpaired) electrons. The first-order valence-corrected chi connectivity index (χ1v) is 5.89. The summed E-state index contributed by atoms with van der Waals surface area (Å²) in [4.78, 5) is 22.7. The van der Waals surface area contributed by atoms with E-state index in [1.807, 2.05) is 6.92 Å². The van der Waals surface area contributed by atoms with Crippen molar-refractivity contribution >= 4 is 11.9 Å². The van der Waals surface area contributed by atoms with Crippen molar-refractivity contribution in [2.45, 2.75) is 38.6 Å². The van der Waals surface area contributed by atoms with E-state index in [2.05, 4.69) is 10.6 Å². The van der Waals surface area contributed by atoms with Crippen LogP contribution in [0.1, 0.15) is 32.6 Å². The Morgan fingerprint density at radius 1 is 1.56 bits per heavy atom. The summed E-state index contributed by atoms with van der Waals surface area (Å²) in [5.41, 5.74) is 0. The maximum atomic E-state index is 11.8. The van der Waals surface area contributed by atoms with E-state index in [4.69, 9.17) is 5.11 Å². The number of aliphatic carboxylic acids is 1. The molecule has 0 aromatic rings. The van der Waals surface area contributed by atoms with Crippen LogP contribution in [0.25, 0.3) is 0 Å². The van der Waals surface area contributed by atoms with Gasteiger partial charge in [-0.05, 0) is 25.8 Å². The molecule has 1 unspecified atom stereocenters. The fourth-order valence-corrected chi connectivity index (χ4v) is 1.91. The third-order valence-corrected chi connectivity index (χ3v) is 2.86. The number of hydrogen-bond donors (Lipinski definition) is 3. The fraction of sp³-hybridized carbons (Fsp3) is 0.818. The van der Waals surface area contributed by atoms with Gasteiger partial charge < -0.3 is 15.7 Å². The van der Waals surface area contributed by atoms with Gasteiger partial charge in [0.2, 0.25) is 5.91 Å². The lowest BCUT2D eigenvalue weighted by molar-refractivity contribution is -0.142. The Labute approximate surface area is 95.6 Å². The summed E-state index contributed by atoms with van der Waals surface area (Å²) in [7, 11) is 0. The lowest BCUT2D eigenvalue weighted by atomic mass is 9.98. The topological polar surface area (TPSA) is 78.4 Å². The first-order valence-electron chi connectivity index (χ1n) is 5.89. The van der Waals surface area contributed by atoms with Crippen LogP contribution in [0.15, 0.2) is 0 Å². The lowest BCUT2D eigenvalue weighted by Crippen LogP contribution is -2.47. The number of carboxylic acids is 1. The minimum Gasteiger partial charge on any atom is -0.480 e. The third kappa shape index (κ3) is 3.81. The van der Waals surface area contributed by atoms with E-state index in [9.17, 15) is 9.59 Å². The zero-order chi connectivity index (χ0) is 12.0. The van der Waals surface area contributed by atoms with Crippen molar-refractivity contribution in [1.82, 2.24) is 10.6 Å². The molecule has 0 saturated carbocycles. The minimum absolute atomic E-state index is 0.0764. The molecule has 1 aliphatic heterocycles. The largest absolute Gasteiger partial charge is 0.480 e. The maximum Gasteiger partial charge on any atom is 0.326 e. The van der Waals surface area contributed by atoms with E-state index in [0.29, 0.717) is 13.0 Å². The number of carbonyl (C=O) groups excluding carboxylic acids is 1. The Morgan fingerprint density at radius 2 is 2.31 bits per heavy atom. The Bertz CT molecular complexity index is 250. The smallest absolute Gasteiger partial charge is 0.326 e. The molecular formula is C11H20N2O3. The highest BCUT2D eigenvalue weighted by molar-refractivity contribution is 5.85. The van der Waals surface area contributed by atoms with Gasteiger partial charge in [-0.3, -0.25) is 4.79 Å². The van der Waals surface area contributed by atoms with Crippen LogP contribution in [0, 0.1) is 5.92 Å². The predicted octanol–water partition coefficient (Wildman–Crippen LogP) is 0.356. The standard InChI is InChI=1S/C11H20N2O3/c1-2-4-9(11(15)16)13-10(14)8-5-3-6-12-7-8/h8-9,12H,2-7H2,1H3,(H,13,14)(H,15,16)/t8-,9?/m0/s1. The SMILES string of the molecule is CCCC(NC(=O)[C@H]1CCCNC1)C(=O)O. The van der Waals surface area contributed by atoms with Crippen LogP contribution >= 0.6 is 0 Å². The van der Waals surface area contributed by atoms with Gasteiger partial charge in [-0.2, -0.15) is 0 Å². The number of nitrogens with one attached hydrogen (secondary N) is 2. The Morgan fingerprint density at radius 3 is 2.81 bits per heavy atom. The summed E-state index contributed by atoms with van der Waals surface area (Å²) < 4.78 is 0. The highest BCUT2D eigenvalue weighted by Gasteiger charge is 2.25. The quantitative estimate of drug-likeness (QED) is 0.634. The van der Waals surface area contributed by atoms with Gasteiger partial charge in [0.1, 0.15) is 6.04 Å². The Kier molecular flexibility index (Phi) is 5.25. The summed E-state index contributed by atoms with van der Waals surface area (Å²) in [6.45, 7) is 3.51. The van der Waals surface area contributed by atoms with Gasteiger partial charge in [0, 0.05) is 6.54 Å². The molecule has 1 fully saturated rings. The van der Waals surface area contributed by atoms with Gasteiger partial charge in [0.05, 0.1) is 5.92 Å². The van der Waals surface area contributed by atoms with Gasteiger partial charge in [0.15, 0.2) is 0 Å². The molecule has 92 valence electrons. The van der Waals surface area contributed by atoms with Crippen LogP contribution in [-0.2, 0) is 9.59 Å². The van der Waals surface area contributed by atoms with Crippen molar-refractivity contribution in [3.8, 4) is 0 Å². The van der Waals surface area contributed by atoms with Crippen molar-refractivity contribution in [3.63, 3.8) is 0 Å². The van der Waals surface area contributed by atoms with E-state index in [0.717, 1.165) is 25.8 Å². The third-order valence-electron chi connectivity index (χ3n) is 2.86. The number of amides is 1. The van der Waals surface area contributed by atoms with Crippen LogP contribution in [0.5, 0.6) is 0 Å². The van der Waals surface area contributed by atoms with E-state index in [1.165, 1.54) is 0 Å². The second-order valence-electron chi connectivity index (χ2n) is 4.23. The van der Waals surface area contributed by atoms with Gasteiger partial charge in [-0.1, -0.05) is 13.3 Å². The molecule has 1 saturated heterocycles. The van der Waals surface area contributed by atoms with E-state index in [1.54, 1.807) is 0 Å². The molecule has 16 heavy (non-hydrogen) atoms. The Hall–Kier alpha value is -1.10. The molecule has 0 aliphatic carbocycles. The van der Waals surface area contributed by atoms with E-state index in [-0.39, 0.29) is 11.8 Å². The number of carbonyl (C=O) groups is 2. The first-order chi connectivity index (χ1) is 7.65. The molecule has 0 bridgehead atoms. The zero-order valence-electron chi connectivity index (χ0n) is 9.66. The monoisotopic (exact) mass is 228 g/mol. The van der Waals surface area contributed by atoms with Crippen LogP contribution in [0.2, 0.25) is 0 Å². The molecule has 0 spiro atoms. The van der Waals surface area contributed by atoms with Gasteiger partial charge in [-0.25, -0.2) is 4.79 Å². The lowest BCUT2D eigenvalue weighted by Gasteiger charge is -2.23. The molecule has 1 aliphatic rings. The highest BCUT2D eigenvalue weighted by atomic mass is 16.4. The van der Waals surface area contributed by atoms with Crippen LogP contribution < -0.4 is 10.6 Å². The summed E-state index contributed by atoms with van der Waals surface area (Å²) >= 11 is 0. The van der Waals surface area contributed by atoms with Crippen molar-refractivity contribution in [2.75, 3.05) is 13.1 Å². The molecule has 5 nitrogen and oxygen atoms in total. The number of hydrogen-bond acceptors (Lipinski definition) is 3. The average Bonchev–Trinajstić information content (AvgIpc) is 2.29. The maximum absolute atomic E-state index is 11.8. The van der Waals surface area contributed by atoms with E-state index >= 15 is 0 Å². The van der Waals surface area contributed by atoms with Crippen molar-refractivity contribution in [3.05, 3.63) is 0 Å². The number of carboxylic acid groups (broad SMARTS) is 1. The highest BCUT2D eigenvalue weighted by Crippen LogP contribution is 2.10. The van der Waals surface area contributed by atoms with Crippen LogP contribution in [0.3, 0.4) is 0 Å². The molecule has 0 aromatic heterocycles. The molecule has 1 amide bonds. The second kappa shape index (κ2) is 6.48. The van der Waals surface area contributed by atoms with Gasteiger partial charge in [0.25, 0.3) is 0 Å². The fourth-order valence-electron chi connectivity index (χ4n) is 1.91. The summed E-state index contributed by atoms with van der Waals surface area (Å²) in [5.74, 6) is -1.15. The first kappa shape index (κ1) is 13.0. The molecule has 3 N–H and O–H groups in total. The summed E-state index contributed by atoms with van der Waals surface area (Å²) in [6.07, 6.45) is 3.06. The summed E-state index contributed by atoms with van der Waals surface area (Å²) in [6, 6.07) is -0.737. The van der Waals surface area contributed by atoms with Crippen molar-refractivity contribution in [1.29, 1.82) is 0 Å². The van der Waals surface area contributed by atoms with Crippen molar-refractivity contribution in [2.24, 2.45) is 5.92 Å². The van der Waals surface area contributed by atoms with Crippen molar-refractivity contribution < 1.29 is 14.7 Å². The zero-order valence-corrected chi connectivity index (χ0v) is 9.66. The Balaban J connectivity index is 2.43. The summed E-state index contributed by atoms with van der Waals surface area (Å²) in [5, 5.41) is 14.7. The van der Waals surface area contributed by atoms with Gasteiger partial charge in [-0.15, -0.1) is 0 Å². The predicted molar refractivity (Wildman–Crippen MR) is 60.1 cm³/mol. The van der Waals surface area contributed by atoms with E-state index < -0.39 is 12.0 Å². The molecule has 1 rings (SSSR count). The number of piperidine rings is 1. The number of rotatable bonds is 5. The molecule has 2 atom stereocenters. The molecule has 5 heteroatoms. The van der Waals surface area contributed by atoms with Gasteiger partial charge >= 0.3 is 5.97 Å². The molecular weight excluding hydrogens is 208 g/mol. The van der Waals surface area contributed by atoms with Crippen LogP contribution in [0.4, 0.5) is 0 Å². The average molecular weight is 228 g/mol.